The monoisotopic (exact) mass is 340 g/mol. The summed E-state index contributed by atoms with van der Waals surface area (Å²) in [5.41, 5.74) is 1.88. The maximum Gasteiger partial charge on any atom is 0.256 e. The highest BCUT2D eigenvalue weighted by molar-refractivity contribution is 7.98. The Morgan fingerprint density at radius 3 is 2.79 bits per heavy atom. The molecule has 3 rings (SSSR count). The number of amides is 1. The van der Waals surface area contributed by atoms with Crippen molar-refractivity contribution in [1.82, 2.24) is 20.3 Å². The molecule has 0 saturated heterocycles. The zero-order chi connectivity index (χ0) is 16.9. The molecule has 24 heavy (non-hydrogen) atoms. The lowest BCUT2D eigenvalue weighted by Crippen LogP contribution is -2.25. The van der Waals surface area contributed by atoms with E-state index in [0.717, 1.165) is 5.69 Å². The second-order valence-electron chi connectivity index (χ2n) is 5.00. The summed E-state index contributed by atoms with van der Waals surface area (Å²) in [5, 5.41) is 3.48. The van der Waals surface area contributed by atoms with Gasteiger partial charge in [0.1, 0.15) is 5.03 Å². The van der Waals surface area contributed by atoms with Gasteiger partial charge in [-0.15, -0.1) is 11.8 Å². The van der Waals surface area contributed by atoms with E-state index in [1.54, 1.807) is 31.5 Å². The van der Waals surface area contributed by atoms with Gasteiger partial charge in [-0.1, -0.05) is 6.07 Å². The second kappa shape index (κ2) is 7.27. The molecular formula is C17H16N4O2S. The Balaban J connectivity index is 1.85. The van der Waals surface area contributed by atoms with Crippen LogP contribution in [0.5, 0.6) is 0 Å². The van der Waals surface area contributed by atoms with Gasteiger partial charge in [0.2, 0.25) is 0 Å². The third-order valence-corrected chi connectivity index (χ3v) is 4.06. The van der Waals surface area contributed by atoms with E-state index in [0.29, 0.717) is 34.4 Å². The first-order chi connectivity index (χ1) is 11.7. The van der Waals surface area contributed by atoms with Gasteiger partial charge in [0.25, 0.3) is 5.91 Å². The zero-order valence-corrected chi connectivity index (χ0v) is 14.1. The smallest absolute Gasteiger partial charge is 0.256 e. The van der Waals surface area contributed by atoms with Gasteiger partial charge in [0, 0.05) is 6.20 Å². The molecule has 0 aliphatic carbocycles. The molecule has 122 valence electrons. The molecule has 3 heterocycles. The molecule has 0 bridgehead atoms. The summed E-state index contributed by atoms with van der Waals surface area (Å²) >= 11 is 1.40. The number of hydrogen-bond acceptors (Lipinski definition) is 6. The summed E-state index contributed by atoms with van der Waals surface area (Å²) in [6, 6.07) is 9.15. The molecule has 3 aromatic rings. The van der Waals surface area contributed by atoms with E-state index in [9.17, 15) is 4.79 Å². The molecule has 1 N–H and O–H groups in total. The molecule has 0 fully saturated rings. The maximum absolute atomic E-state index is 12.6. The molecule has 0 aliphatic heterocycles. The quantitative estimate of drug-likeness (QED) is 0.568. The summed E-state index contributed by atoms with van der Waals surface area (Å²) in [6.45, 7) is 2.15. The molecule has 0 aromatic carbocycles. The van der Waals surface area contributed by atoms with Crippen molar-refractivity contribution >= 4 is 17.7 Å². The number of nitrogens with zero attached hydrogens (tertiary/aromatic N) is 3. The van der Waals surface area contributed by atoms with Gasteiger partial charge in [-0.2, -0.15) is 0 Å². The Bertz CT molecular complexity index is 835. The van der Waals surface area contributed by atoms with E-state index < -0.39 is 0 Å². The molecule has 0 atom stereocenters. The van der Waals surface area contributed by atoms with Crippen LogP contribution >= 0.6 is 11.8 Å². The Labute approximate surface area is 143 Å². The fourth-order valence-corrected chi connectivity index (χ4v) is 2.86. The lowest BCUT2D eigenvalue weighted by molar-refractivity contribution is 0.0945. The molecule has 6 nitrogen and oxygen atoms in total. The van der Waals surface area contributed by atoms with Crippen molar-refractivity contribution in [3.63, 3.8) is 0 Å². The molecule has 1 amide bonds. The van der Waals surface area contributed by atoms with E-state index in [1.807, 2.05) is 24.5 Å². The Morgan fingerprint density at radius 1 is 1.25 bits per heavy atom. The van der Waals surface area contributed by atoms with E-state index in [4.69, 9.17) is 4.42 Å². The van der Waals surface area contributed by atoms with Crippen LogP contribution in [-0.4, -0.2) is 27.1 Å². The number of thioether (sulfide) groups is 1. The molecule has 0 unspecified atom stereocenters. The number of aryl methyl sites for hydroxylation is 1. The van der Waals surface area contributed by atoms with Crippen LogP contribution in [0.1, 0.15) is 21.7 Å². The van der Waals surface area contributed by atoms with Gasteiger partial charge < -0.3 is 9.73 Å². The molecule has 0 spiro atoms. The third-order valence-electron chi connectivity index (χ3n) is 3.37. The predicted octanol–water partition coefficient (Wildman–Crippen LogP) is 3.09. The Hall–Kier alpha value is -2.67. The van der Waals surface area contributed by atoms with Crippen molar-refractivity contribution in [1.29, 1.82) is 0 Å². The van der Waals surface area contributed by atoms with Gasteiger partial charge in [-0.05, 0) is 37.4 Å². The minimum Gasteiger partial charge on any atom is -0.461 e. The SMILES string of the molecule is CSc1nc(-c2ccco2)nc(C)c1C(=O)NCc1ccccn1. The van der Waals surface area contributed by atoms with Crippen LogP contribution in [0.2, 0.25) is 0 Å². The van der Waals surface area contributed by atoms with Crippen LogP contribution in [0.4, 0.5) is 0 Å². The van der Waals surface area contributed by atoms with Crippen LogP contribution < -0.4 is 5.32 Å². The zero-order valence-electron chi connectivity index (χ0n) is 13.3. The van der Waals surface area contributed by atoms with Crippen molar-refractivity contribution < 1.29 is 9.21 Å². The highest BCUT2D eigenvalue weighted by Gasteiger charge is 2.19. The molecule has 0 saturated carbocycles. The van der Waals surface area contributed by atoms with Crippen molar-refractivity contribution in [2.24, 2.45) is 0 Å². The number of furan rings is 1. The number of hydrogen-bond donors (Lipinski definition) is 1. The van der Waals surface area contributed by atoms with Crippen molar-refractivity contribution in [2.45, 2.75) is 18.5 Å². The highest BCUT2D eigenvalue weighted by atomic mass is 32.2. The van der Waals surface area contributed by atoms with Gasteiger partial charge >= 0.3 is 0 Å². The summed E-state index contributed by atoms with van der Waals surface area (Å²) in [5.74, 6) is 0.838. The van der Waals surface area contributed by atoms with Crippen molar-refractivity contribution in [3.05, 3.63) is 59.7 Å². The number of aromatic nitrogens is 3. The lowest BCUT2D eigenvalue weighted by atomic mass is 10.2. The number of carbonyl (C=O) groups excluding carboxylic acids is 1. The van der Waals surface area contributed by atoms with E-state index in [2.05, 4.69) is 20.3 Å². The van der Waals surface area contributed by atoms with Crippen LogP contribution in [-0.2, 0) is 6.54 Å². The molecule has 7 heteroatoms. The fourth-order valence-electron chi connectivity index (χ4n) is 2.23. The minimum absolute atomic E-state index is 0.214. The molecular weight excluding hydrogens is 324 g/mol. The summed E-state index contributed by atoms with van der Waals surface area (Å²) in [7, 11) is 0. The summed E-state index contributed by atoms with van der Waals surface area (Å²) in [4.78, 5) is 25.6. The molecule has 0 radical (unpaired) electrons. The average molecular weight is 340 g/mol. The predicted molar refractivity (Wildman–Crippen MR) is 91.7 cm³/mol. The largest absolute Gasteiger partial charge is 0.461 e. The first-order valence-electron chi connectivity index (χ1n) is 7.33. The lowest BCUT2D eigenvalue weighted by Gasteiger charge is -2.11. The first kappa shape index (κ1) is 16.2. The average Bonchev–Trinajstić information content (AvgIpc) is 3.14. The maximum atomic E-state index is 12.6. The van der Waals surface area contributed by atoms with Gasteiger partial charge in [0.05, 0.1) is 29.8 Å². The third kappa shape index (κ3) is 3.46. The van der Waals surface area contributed by atoms with E-state index in [1.165, 1.54) is 11.8 Å². The second-order valence-corrected chi connectivity index (χ2v) is 5.79. The van der Waals surface area contributed by atoms with Crippen LogP contribution in [0.25, 0.3) is 11.6 Å². The number of carbonyl (C=O) groups is 1. The summed E-state index contributed by atoms with van der Waals surface area (Å²) in [6.07, 6.45) is 5.14. The normalized spacial score (nSPS) is 10.6. The Morgan fingerprint density at radius 2 is 2.12 bits per heavy atom. The Kier molecular flexibility index (Phi) is 4.90. The summed E-state index contributed by atoms with van der Waals surface area (Å²) < 4.78 is 5.34. The van der Waals surface area contributed by atoms with Crippen LogP contribution in [0.15, 0.2) is 52.2 Å². The number of rotatable bonds is 5. The van der Waals surface area contributed by atoms with Crippen LogP contribution in [0.3, 0.4) is 0 Å². The van der Waals surface area contributed by atoms with Crippen molar-refractivity contribution in [3.8, 4) is 11.6 Å². The number of nitrogens with one attached hydrogen (secondary N) is 1. The van der Waals surface area contributed by atoms with Crippen LogP contribution in [0, 0.1) is 6.92 Å². The van der Waals surface area contributed by atoms with Gasteiger partial charge in [-0.25, -0.2) is 9.97 Å². The standard InChI is InChI=1S/C17H16N4O2S/c1-11-14(16(22)19-10-12-6-3-4-8-18-12)17(24-2)21-15(20-11)13-7-5-9-23-13/h3-9H,10H2,1-2H3,(H,19,22). The fraction of sp³-hybridized carbons (Fsp3) is 0.176. The number of pyridine rings is 1. The topological polar surface area (TPSA) is 80.9 Å². The van der Waals surface area contributed by atoms with E-state index >= 15 is 0 Å². The van der Waals surface area contributed by atoms with Gasteiger partial charge in [-0.3, -0.25) is 9.78 Å². The van der Waals surface area contributed by atoms with Gasteiger partial charge in [0.15, 0.2) is 11.6 Å². The molecule has 3 aromatic heterocycles. The first-order valence-corrected chi connectivity index (χ1v) is 8.56. The molecule has 0 aliphatic rings. The minimum atomic E-state index is -0.214. The van der Waals surface area contributed by atoms with Crippen molar-refractivity contribution in [2.75, 3.05) is 6.26 Å². The van der Waals surface area contributed by atoms with E-state index in [-0.39, 0.29) is 5.91 Å². The highest BCUT2D eigenvalue weighted by Crippen LogP contribution is 2.25.